The van der Waals surface area contributed by atoms with Crippen LogP contribution in [0, 0.1) is 0 Å². The number of carbonyl (C=O) groups is 1. The van der Waals surface area contributed by atoms with Crippen molar-refractivity contribution in [2.24, 2.45) is 0 Å². The second-order valence-corrected chi connectivity index (χ2v) is 5.18. The predicted octanol–water partition coefficient (Wildman–Crippen LogP) is 0.456. The van der Waals surface area contributed by atoms with Crippen LogP contribution in [0.15, 0.2) is 18.3 Å². The zero-order valence-corrected chi connectivity index (χ0v) is 11.2. The van der Waals surface area contributed by atoms with Gasteiger partial charge in [0.05, 0.1) is 24.9 Å². The highest BCUT2D eigenvalue weighted by Gasteiger charge is 2.25. The molecule has 2 fully saturated rings. The number of aromatic nitrogens is 1. The Labute approximate surface area is 117 Å². The monoisotopic (exact) mass is 278 g/mol. The number of rotatable bonds is 3. The fraction of sp³-hybridized carbons (Fsp3) is 0.571. The van der Waals surface area contributed by atoms with E-state index < -0.39 is 6.10 Å². The number of aliphatic hydroxyl groups is 1. The third-order valence-corrected chi connectivity index (χ3v) is 3.61. The molecule has 2 aliphatic heterocycles. The fourth-order valence-electron chi connectivity index (χ4n) is 2.46. The molecule has 2 aliphatic rings. The summed E-state index contributed by atoms with van der Waals surface area (Å²) in [5, 5.41) is 9.46. The van der Waals surface area contributed by atoms with Crippen molar-refractivity contribution in [3.8, 4) is 5.88 Å². The van der Waals surface area contributed by atoms with Gasteiger partial charge >= 0.3 is 0 Å². The quantitative estimate of drug-likeness (QED) is 0.869. The Hall–Kier alpha value is -1.66. The molecule has 1 aromatic rings. The van der Waals surface area contributed by atoms with Gasteiger partial charge in [-0.25, -0.2) is 4.98 Å². The number of carbonyl (C=O) groups excluding carboxylic acids is 1. The Morgan fingerprint density at radius 2 is 2.35 bits per heavy atom. The van der Waals surface area contributed by atoms with E-state index in [0.29, 0.717) is 37.6 Å². The van der Waals surface area contributed by atoms with Crippen LogP contribution in [-0.4, -0.2) is 59.4 Å². The van der Waals surface area contributed by atoms with Gasteiger partial charge in [-0.15, -0.1) is 0 Å². The van der Waals surface area contributed by atoms with Crippen LogP contribution in [0.4, 0.5) is 0 Å². The van der Waals surface area contributed by atoms with Gasteiger partial charge in [-0.3, -0.25) is 4.79 Å². The predicted molar refractivity (Wildman–Crippen MR) is 70.6 cm³/mol. The second-order valence-electron chi connectivity index (χ2n) is 5.18. The minimum absolute atomic E-state index is 0.0535. The molecule has 0 bridgehead atoms. The van der Waals surface area contributed by atoms with Gasteiger partial charge in [-0.05, 0) is 12.5 Å². The molecule has 108 valence electrons. The molecule has 2 unspecified atom stereocenters. The van der Waals surface area contributed by atoms with E-state index in [0.717, 1.165) is 13.0 Å². The second kappa shape index (κ2) is 5.76. The smallest absolute Gasteiger partial charge is 0.255 e. The molecule has 0 aliphatic carbocycles. The number of β-amino-alcohol motifs (C(OH)–C–C–N with tert-alkyl or cyclic N) is 1. The number of likely N-dealkylation sites (tertiary alicyclic amines) is 1. The number of nitrogens with zero attached hydrogens (tertiary/aromatic N) is 2. The third kappa shape index (κ3) is 2.91. The number of hydrogen-bond donors (Lipinski definition) is 1. The Morgan fingerprint density at radius 3 is 2.95 bits per heavy atom. The van der Waals surface area contributed by atoms with Crippen molar-refractivity contribution in [1.82, 2.24) is 9.88 Å². The number of amides is 1. The van der Waals surface area contributed by atoms with Gasteiger partial charge in [-0.1, -0.05) is 0 Å². The molecule has 0 spiro atoms. The standard InChI is InChI=1S/C14H18N2O4/c17-11-3-5-16(8-11)14(18)10-1-2-13(15-7-10)20-12-4-6-19-9-12/h1-2,7,11-12,17H,3-6,8-9H2. The summed E-state index contributed by atoms with van der Waals surface area (Å²) in [6.07, 6.45) is 2.68. The van der Waals surface area contributed by atoms with Crippen molar-refractivity contribution < 1.29 is 19.4 Å². The van der Waals surface area contributed by atoms with Gasteiger partial charge in [0, 0.05) is 31.8 Å². The van der Waals surface area contributed by atoms with Crippen LogP contribution in [0.2, 0.25) is 0 Å². The first-order valence-electron chi connectivity index (χ1n) is 6.90. The van der Waals surface area contributed by atoms with E-state index in [2.05, 4.69) is 4.98 Å². The van der Waals surface area contributed by atoms with Gasteiger partial charge in [0.2, 0.25) is 5.88 Å². The Bertz CT molecular complexity index is 471. The summed E-state index contributed by atoms with van der Waals surface area (Å²) in [5.41, 5.74) is 0.522. The first-order chi connectivity index (χ1) is 9.72. The molecule has 1 amide bonds. The highest BCUT2D eigenvalue weighted by molar-refractivity contribution is 5.94. The number of aliphatic hydroxyl groups excluding tert-OH is 1. The SMILES string of the molecule is O=C(c1ccc(OC2CCOC2)nc1)N1CCC(O)C1. The Kier molecular flexibility index (Phi) is 3.84. The maximum absolute atomic E-state index is 12.2. The lowest BCUT2D eigenvalue weighted by Crippen LogP contribution is -2.29. The normalized spacial score (nSPS) is 25.9. The van der Waals surface area contributed by atoms with Crippen LogP contribution in [-0.2, 0) is 4.74 Å². The lowest BCUT2D eigenvalue weighted by molar-refractivity contribution is 0.0764. The summed E-state index contributed by atoms with van der Waals surface area (Å²) in [6, 6.07) is 3.42. The van der Waals surface area contributed by atoms with Crippen LogP contribution in [0.1, 0.15) is 23.2 Å². The van der Waals surface area contributed by atoms with E-state index in [4.69, 9.17) is 9.47 Å². The molecule has 0 aromatic carbocycles. The Morgan fingerprint density at radius 1 is 1.45 bits per heavy atom. The van der Waals surface area contributed by atoms with E-state index in [1.807, 2.05) is 0 Å². The van der Waals surface area contributed by atoms with Crippen molar-refractivity contribution in [2.45, 2.75) is 25.0 Å². The minimum Gasteiger partial charge on any atom is -0.472 e. The van der Waals surface area contributed by atoms with Gasteiger partial charge in [0.1, 0.15) is 6.10 Å². The summed E-state index contributed by atoms with van der Waals surface area (Å²) < 4.78 is 10.9. The van der Waals surface area contributed by atoms with Gasteiger partial charge < -0.3 is 19.5 Å². The van der Waals surface area contributed by atoms with Crippen LogP contribution in [0.3, 0.4) is 0 Å². The summed E-state index contributed by atoms with van der Waals surface area (Å²) in [5.74, 6) is 0.420. The molecule has 2 saturated heterocycles. The molecular formula is C14H18N2O4. The molecule has 1 N–H and O–H groups in total. The topological polar surface area (TPSA) is 71.9 Å². The van der Waals surface area contributed by atoms with E-state index in [1.165, 1.54) is 6.20 Å². The van der Waals surface area contributed by atoms with Gasteiger partial charge in [0.25, 0.3) is 5.91 Å². The van der Waals surface area contributed by atoms with Crippen LogP contribution in [0.25, 0.3) is 0 Å². The van der Waals surface area contributed by atoms with Crippen molar-refractivity contribution in [3.63, 3.8) is 0 Å². The molecule has 6 nitrogen and oxygen atoms in total. The third-order valence-electron chi connectivity index (χ3n) is 3.61. The lowest BCUT2D eigenvalue weighted by atomic mass is 10.2. The summed E-state index contributed by atoms with van der Waals surface area (Å²) in [6.45, 7) is 2.31. The zero-order valence-electron chi connectivity index (χ0n) is 11.2. The van der Waals surface area contributed by atoms with Crippen LogP contribution in [0.5, 0.6) is 5.88 Å². The fourth-order valence-corrected chi connectivity index (χ4v) is 2.46. The molecule has 0 saturated carbocycles. The van der Waals surface area contributed by atoms with E-state index in [-0.39, 0.29) is 12.0 Å². The van der Waals surface area contributed by atoms with E-state index in [9.17, 15) is 9.90 Å². The minimum atomic E-state index is -0.406. The first-order valence-corrected chi connectivity index (χ1v) is 6.90. The van der Waals surface area contributed by atoms with E-state index >= 15 is 0 Å². The maximum atomic E-state index is 12.2. The first kappa shape index (κ1) is 13.3. The number of hydrogen-bond acceptors (Lipinski definition) is 5. The molecule has 3 heterocycles. The van der Waals surface area contributed by atoms with Crippen molar-refractivity contribution in [1.29, 1.82) is 0 Å². The average molecular weight is 278 g/mol. The molecule has 6 heteroatoms. The molecular weight excluding hydrogens is 260 g/mol. The van der Waals surface area contributed by atoms with Crippen molar-refractivity contribution >= 4 is 5.91 Å². The highest BCUT2D eigenvalue weighted by atomic mass is 16.5. The largest absolute Gasteiger partial charge is 0.472 e. The highest BCUT2D eigenvalue weighted by Crippen LogP contribution is 2.17. The molecule has 0 radical (unpaired) electrons. The summed E-state index contributed by atoms with van der Waals surface area (Å²) in [7, 11) is 0. The van der Waals surface area contributed by atoms with Gasteiger partial charge in [0.15, 0.2) is 0 Å². The molecule has 3 rings (SSSR count). The van der Waals surface area contributed by atoms with Crippen LogP contribution >= 0.6 is 0 Å². The van der Waals surface area contributed by atoms with Crippen LogP contribution < -0.4 is 4.74 Å². The zero-order chi connectivity index (χ0) is 13.9. The summed E-state index contributed by atoms with van der Waals surface area (Å²) >= 11 is 0. The van der Waals surface area contributed by atoms with Crippen molar-refractivity contribution in [2.75, 3.05) is 26.3 Å². The number of pyridine rings is 1. The number of ether oxygens (including phenoxy) is 2. The van der Waals surface area contributed by atoms with Gasteiger partial charge in [-0.2, -0.15) is 0 Å². The summed E-state index contributed by atoms with van der Waals surface area (Å²) in [4.78, 5) is 18.0. The van der Waals surface area contributed by atoms with Crippen molar-refractivity contribution in [3.05, 3.63) is 23.9 Å². The molecule has 1 aromatic heterocycles. The molecule has 20 heavy (non-hydrogen) atoms. The maximum Gasteiger partial charge on any atom is 0.255 e. The van der Waals surface area contributed by atoms with E-state index in [1.54, 1.807) is 17.0 Å². The lowest BCUT2D eigenvalue weighted by Gasteiger charge is -2.16. The Balaban J connectivity index is 1.61. The molecule has 2 atom stereocenters. The average Bonchev–Trinajstić information content (AvgIpc) is 3.10.